The van der Waals surface area contributed by atoms with Gasteiger partial charge in [0, 0.05) is 30.9 Å². The summed E-state index contributed by atoms with van der Waals surface area (Å²) in [7, 11) is 0. The minimum atomic E-state index is 0.588. The third-order valence-electron chi connectivity index (χ3n) is 3.31. The highest BCUT2D eigenvalue weighted by molar-refractivity contribution is 5.51. The number of aromatic nitrogens is 1. The highest BCUT2D eigenvalue weighted by Crippen LogP contribution is 2.24. The summed E-state index contributed by atoms with van der Waals surface area (Å²) in [5.74, 6) is 1.12. The average Bonchev–Trinajstić information content (AvgIpc) is 2.29. The highest BCUT2D eigenvalue weighted by atomic mass is 15.2. The number of piperidine rings is 1. The molecule has 0 saturated carbocycles. The Morgan fingerprint density at radius 2 is 1.94 bits per heavy atom. The van der Waals surface area contributed by atoms with Crippen LogP contribution in [0, 0.1) is 13.8 Å². The second-order valence-corrected chi connectivity index (χ2v) is 4.63. The predicted molar refractivity (Wildman–Crippen MR) is 67.7 cm³/mol. The van der Waals surface area contributed by atoms with Crippen LogP contribution in [0.2, 0.25) is 0 Å². The molecule has 1 aliphatic rings. The van der Waals surface area contributed by atoms with Crippen LogP contribution in [0.25, 0.3) is 0 Å². The molecule has 2 heterocycles. The van der Waals surface area contributed by atoms with Gasteiger partial charge < -0.3 is 10.6 Å². The summed E-state index contributed by atoms with van der Waals surface area (Å²) in [6.45, 7) is 7.03. The first-order valence-corrected chi connectivity index (χ1v) is 6.14. The molecule has 0 radical (unpaired) electrons. The standard InChI is InChI=1S/C13H21N3/c1-10-8-11(2)15-13(12(10)9-14)16-6-4-3-5-7-16/h8H,3-7,9,14H2,1-2H3. The molecule has 0 bridgehead atoms. The van der Waals surface area contributed by atoms with Gasteiger partial charge in [0.05, 0.1) is 0 Å². The van der Waals surface area contributed by atoms with Crippen LogP contribution in [-0.2, 0) is 6.54 Å². The molecule has 16 heavy (non-hydrogen) atoms. The van der Waals surface area contributed by atoms with Gasteiger partial charge in [0.1, 0.15) is 5.82 Å². The van der Waals surface area contributed by atoms with Gasteiger partial charge in [-0.25, -0.2) is 4.98 Å². The van der Waals surface area contributed by atoms with Gasteiger partial charge >= 0.3 is 0 Å². The van der Waals surface area contributed by atoms with Crippen LogP contribution in [0.4, 0.5) is 5.82 Å². The molecule has 88 valence electrons. The van der Waals surface area contributed by atoms with E-state index >= 15 is 0 Å². The number of anilines is 1. The Hall–Kier alpha value is -1.09. The summed E-state index contributed by atoms with van der Waals surface area (Å²) < 4.78 is 0. The Bertz CT molecular complexity index is 368. The molecule has 2 rings (SSSR count). The van der Waals surface area contributed by atoms with E-state index in [-0.39, 0.29) is 0 Å². The summed E-state index contributed by atoms with van der Waals surface area (Å²) in [4.78, 5) is 7.07. The van der Waals surface area contributed by atoms with E-state index < -0.39 is 0 Å². The van der Waals surface area contributed by atoms with Crippen molar-refractivity contribution < 1.29 is 0 Å². The Morgan fingerprint density at radius 1 is 1.25 bits per heavy atom. The van der Waals surface area contributed by atoms with Crippen molar-refractivity contribution in [3.63, 3.8) is 0 Å². The molecule has 0 atom stereocenters. The second-order valence-electron chi connectivity index (χ2n) is 4.63. The fourth-order valence-electron chi connectivity index (χ4n) is 2.46. The largest absolute Gasteiger partial charge is 0.356 e. The molecule has 1 aromatic rings. The van der Waals surface area contributed by atoms with E-state index in [0.29, 0.717) is 6.54 Å². The number of nitrogens with two attached hydrogens (primary N) is 1. The number of rotatable bonds is 2. The number of nitrogens with zero attached hydrogens (tertiary/aromatic N) is 2. The van der Waals surface area contributed by atoms with Gasteiger partial charge in [-0.1, -0.05) is 0 Å². The maximum Gasteiger partial charge on any atom is 0.133 e. The first-order valence-electron chi connectivity index (χ1n) is 6.14. The van der Waals surface area contributed by atoms with Crippen molar-refractivity contribution in [1.29, 1.82) is 0 Å². The van der Waals surface area contributed by atoms with E-state index in [2.05, 4.69) is 29.8 Å². The minimum absolute atomic E-state index is 0.588. The lowest BCUT2D eigenvalue weighted by atomic mass is 10.1. The third-order valence-corrected chi connectivity index (χ3v) is 3.31. The number of hydrogen-bond donors (Lipinski definition) is 1. The lowest BCUT2D eigenvalue weighted by Gasteiger charge is -2.30. The molecule has 0 unspecified atom stereocenters. The van der Waals surface area contributed by atoms with Gasteiger partial charge in [0.15, 0.2) is 0 Å². The zero-order valence-corrected chi connectivity index (χ0v) is 10.3. The topological polar surface area (TPSA) is 42.1 Å². The van der Waals surface area contributed by atoms with Gasteiger partial charge in [0.2, 0.25) is 0 Å². The molecule has 1 saturated heterocycles. The minimum Gasteiger partial charge on any atom is -0.356 e. The molecule has 1 fully saturated rings. The number of aryl methyl sites for hydroxylation is 2. The molecule has 0 aromatic carbocycles. The van der Waals surface area contributed by atoms with Crippen molar-refractivity contribution in [2.45, 2.75) is 39.7 Å². The lowest BCUT2D eigenvalue weighted by molar-refractivity contribution is 0.571. The van der Waals surface area contributed by atoms with E-state index in [0.717, 1.165) is 24.6 Å². The molecule has 2 N–H and O–H groups in total. The van der Waals surface area contributed by atoms with Crippen LogP contribution >= 0.6 is 0 Å². The van der Waals surface area contributed by atoms with E-state index in [9.17, 15) is 0 Å². The first-order chi connectivity index (χ1) is 7.72. The summed E-state index contributed by atoms with van der Waals surface area (Å²) in [6.07, 6.45) is 3.90. The molecule has 3 nitrogen and oxygen atoms in total. The van der Waals surface area contributed by atoms with Crippen molar-refractivity contribution in [3.8, 4) is 0 Å². The van der Waals surface area contributed by atoms with Crippen LogP contribution in [0.15, 0.2) is 6.07 Å². The molecule has 3 heteroatoms. The molecular formula is C13H21N3. The van der Waals surface area contributed by atoms with Crippen molar-refractivity contribution in [2.24, 2.45) is 5.73 Å². The molecule has 0 amide bonds. The number of pyridine rings is 1. The number of hydrogen-bond acceptors (Lipinski definition) is 3. The van der Waals surface area contributed by atoms with Crippen LogP contribution in [0.5, 0.6) is 0 Å². The van der Waals surface area contributed by atoms with Gasteiger partial charge in [-0.2, -0.15) is 0 Å². The van der Waals surface area contributed by atoms with E-state index in [1.54, 1.807) is 0 Å². The molecule has 1 aromatic heterocycles. The summed E-state index contributed by atoms with van der Waals surface area (Å²) >= 11 is 0. The Kier molecular flexibility index (Phi) is 3.44. The van der Waals surface area contributed by atoms with Gasteiger partial charge in [-0.3, -0.25) is 0 Å². The van der Waals surface area contributed by atoms with Crippen molar-refractivity contribution in [3.05, 3.63) is 22.9 Å². The molecule has 0 spiro atoms. The van der Waals surface area contributed by atoms with Crippen LogP contribution in [0.3, 0.4) is 0 Å². The normalized spacial score (nSPS) is 16.6. The maximum absolute atomic E-state index is 5.84. The van der Waals surface area contributed by atoms with Crippen molar-refractivity contribution in [2.75, 3.05) is 18.0 Å². The zero-order chi connectivity index (χ0) is 11.5. The Balaban J connectivity index is 2.36. The predicted octanol–water partition coefficient (Wildman–Crippen LogP) is 2.15. The summed E-state index contributed by atoms with van der Waals surface area (Å²) in [5, 5.41) is 0. The Morgan fingerprint density at radius 3 is 2.56 bits per heavy atom. The monoisotopic (exact) mass is 219 g/mol. The van der Waals surface area contributed by atoms with E-state index in [4.69, 9.17) is 5.73 Å². The maximum atomic E-state index is 5.84. The summed E-state index contributed by atoms with van der Waals surface area (Å²) in [6, 6.07) is 2.12. The fraction of sp³-hybridized carbons (Fsp3) is 0.615. The fourth-order valence-corrected chi connectivity index (χ4v) is 2.46. The van der Waals surface area contributed by atoms with Crippen LogP contribution < -0.4 is 10.6 Å². The van der Waals surface area contributed by atoms with E-state index in [1.807, 2.05) is 0 Å². The quantitative estimate of drug-likeness (QED) is 0.828. The third kappa shape index (κ3) is 2.19. The second kappa shape index (κ2) is 4.83. The summed E-state index contributed by atoms with van der Waals surface area (Å²) in [5.41, 5.74) is 9.42. The SMILES string of the molecule is Cc1cc(C)c(CN)c(N2CCCCC2)n1. The van der Waals surface area contributed by atoms with Gasteiger partial charge in [-0.05, 0) is 44.7 Å². The zero-order valence-electron chi connectivity index (χ0n) is 10.3. The Labute approximate surface area is 97.7 Å². The van der Waals surface area contributed by atoms with Crippen LogP contribution in [0.1, 0.15) is 36.1 Å². The molecule has 1 aliphatic heterocycles. The van der Waals surface area contributed by atoms with E-state index in [1.165, 1.54) is 30.4 Å². The average molecular weight is 219 g/mol. The van der Waals surface area contributed by atoms with Crippen LogP contribution in [-0.4, -0.2) is 18.1 Å². The molecule has 0 aliphatic carbocycles. The van der Waals surface area contributed by atoms with Gasteiger partial charge in [0.25, 0.3) is 0 Å². The first kappa shape index (κ1) is 11.4. The smallest absolute Gasteiger partial charge is 0.133 e. The lowest BCUT2D eigenvalue weighted by Crippen LogP contribution is -2.31. The van der Waals surface area contributed by atoms with Gasteiger partial charge in [-0.15, -0.1) is 0 Å². The highest BCUT2D eigenvalue weighted by Gasteiger charge is 2.16. The van der Waals surface area contributed by atoms with Crippen molar-refractivity contribution >= 4 is 5.82 Å². The molecular weight excluding hydrogens is 198 g/mol. The van der Waals surface area contributed by atoms with Crippen molar-refractivity contribution in [1.82, 2.24) is 4.98 Å².